The van der Waals surface area contributed by atoms with E-state index in [9.17, 15) is 0 Å². The molecule has 0 saturated heterocycles. The maximum Gasteiger partial charge on any atom is 0.162 e. The van der Waals surface area contributed by atoms with E-state index < -0.39 is 0 Å². The van der Waals surface area contributed by atoms with E-state index in [1.165, 1.54) is 25.7 Å². The Hall–Kier alpha value is -0.670. The summed E-state index contributed by atoms with van der Waals surface area (Å²) < 4.78 is 6.00. The minimum absolute atomic E-state index is 0.275. The van der Waals surface area contributed by atoms with Crippen molar-refractivity contribution in [2.45, 2.75) is 57.0 Å². The number of hydrogen-bond acceptors (Lipinski definition) is 3. The number of aromatic nitrogens is 2. The summed E-state index contributed by atoms with van der Waals surface area (Å²) in [6.45, 7) is 2.74. The molecule has 0 unspecified atom stereocenters. The third-order valence-electron chi connectivity index (χ3n) is 3.95. The van der Waals surface area contributed by atoms with Crippen LogP contribution in [0, 0.1) is 0 Å². The molecule has 1 heterocycles. The highest BCUT2D eigenvalue weighted by molar-refractivity contribution is 6.29. The van der Waals surface area contributed by atoms with Crippen molar-refractivity contribution in [1.82, 2.24) is 9.97 Å². The fourth-order valence-electron chi connectivity index (χ4n) is 2.88. The van der Waals surface area contributed by atoms with Gasteiger partial charge in [-0.05, 0) is 51.5 Å². The maximum absolute atomic E-state index is 6.16. The summed E-state index contributed by atoms with van der Waals surface area (Å²) in [5.41, 5.74) is 0.833. The minimum Gasteiger partial charge on any atom is -0.367 e. The van der Waals surface area contributed by atoms with E-state index in [1.807, 2.05) is 13.0 Å². The molecular formula is C14H19ClN2O. The van der Waals surface area contributed by atoms with Gasteiger partial charge in [-0.15, -0.1) is 0 Å². The van der Waals surface area contributed by atoms with Gasteiger partial charge in [0, 0.05) is 18.2 Å². The second kappa shape index (κ2) is 4.78. The lowest BCUT2D eigenvalue weighted by molar-refractivity contribution is -0.0458. The lowest BCUT2D eigenvalue weighted by atomic mass is 10.0. The van der Waals surface area contributed by atoms with Gasteiger partial charge in [0.15, 0.2) is 5.82 Å². The third-order valence-corrected chi connectivity index (χ3v) is 4.14. The molecule has 0 bridgehead atoms. The summed E-state index contributed by atoms with van der Waals surface area (Å²) >= 11 is 6.16. The zero-order valence-electron chi connectivity index (χ0n) is 10.8. The van der Waals surface area contributed by atoms with Crippen molar-refractivity contribution in [3.8, 4) is 0 Å². The largest absolute Gasteiger partial charge is 0.367 e. The first-order chi connectivity index (χ1) is 8.73. The van der Waals surface area contributed by atoms with E-state index in [-0.39, 0.29) is 5.60 Å². The SMILES string of the molecule is CCOC1(c2nc(Cl)cc(C3CC3)n2)CCCC1. The van der Waals surface area contributed by atoms with Crippen LogP contribution in [0.25, 0.3) is 0 Å². The number of halogens is 1. The molecule has 4 heteroatoms. The van der Waals surface area contributed by atoms with Crippen LogP contribution in [0.5, 0.6) is 0 Å². The molecule has 1 aromatic heterocycles. The second-order valence-corrected chi connectivity index (χ2v) is 5.74. The summed E-state index contributed by atoms with van der Waals surface area (Å²) in [5, 5.41) is 0.563. The molecule has 0 aromatic carbocycles. The summed E-state index contributed by atoms with van der Waals surface area (Å²) in [6.07, 6.45) is 6.88. The van der Waals surface area contributed by atoms with E-state index in [0.29, 0.717) is 17.7 Å². The Bertz CT molecular complexity index is 439. The van der Waals surface area contributed by atoms with Crippen molar-refractivity contribution in [1.29, 1.82) is 0 Å². The molecule has 0 atom stereocenters. The first-order valence-electron chi connectivity index (χ1n) is 6.92. The van der Waals surface area contributed by atoms with Gasteiger partial charge in [-0.2, -0.15) is 0 Å². The normalized spacial score (nSPS) is 22.3. The monoisotopic (exact) mass is 266 g/mol. The fourth-order valence-corrected chi connectivity index (χ4v) is 3.07. The lowest BCUT2D eigenvalue weighted by Gasteiger charge is -2.27. The molecule has 0 spiro atoms. The molecule has 3 rings (SSSR count). The quantitative estimate of drug-likeness (QED) is 0.778. The Morgan fingerprint density at radius 1 is 1.33 bits per heavy atom. The molecule has 2 saturated carbocycles. The van der Waals surface area contributed by atoms with E-state index in [2.05, 4.69) is 4.98 Å². The Labute approximate surface area is 113 Å². The van der Waals surface area contributed by atoms with Crippen molar-refractivity contribution in [2.24, 2.45) is 0 Å². The second-order valence-electron chi connectivity index (χ2n) is 5.35. The predicted molar refractivity (Wildman–Crippen MR) is 70.8 cm³/mol. The summed E-state index contributed by atoms with van der Waals surface area (Å²) in [6, 6.07) is 1.91. The Morgan fingerprint density at radius 2 is 2.06 bits per heavy atom. The Morgan fingerprint density at radius 3 is 2.67 bits per heavy atom. The number of nitrogens with zero attached hydrogens (tertiary/aromatic N) is 2. The van der Waals surface area contributed by atoms with Gasteiger partial charge in [0.05, 0.1) is 0 Å². The molecule has 0 N–H and O–H groups in total. The highest BCUT2D eigenvalue weighted by Crippen LogP contribution is 2.43. The number of ether oxygens (including phenoxy) is 1. The van der Waals surface area contributed by atoms with Gasteiger partial charge in [-0.1, -0.05) is 11.6 Å². The first kappa shape index (κ1) is 12.4. The van der Waals surface area contributed by atoms with Crippen molar-refractivity contribution < 1.29 is 4.74 Å². The van der Waals surface area contributed by atoms with Crippen molar-refractivity contribution in [2.75, 3.05) is 6.61 Å². The van der Waals surface area contributed by atoms with Gasteiger partial charge in [-0.25, -0.2) is 9.97 Å². The summed E-state index contributed by atoms with van der Waals surface area (Å²) in [7, 11) is 0. The predicted octanol–water partition coefficient (Wildman–Crippen LogP) is 3.81. The smallest absolute Gasteiger partial charge is 0.162 e. The zero-order valence-corrected chi connectivity index (χ0v) is 11.5. The van der Waals surface area contributed by atoms with Gasteiger partial charge in [0.2, 0.25) is 0 Å². The molecule has 98 valence electrons. The Balaban J connectivity index is 1.97. The number of rotatable bonds is 4. The molecule has 0 aliphatic heterocycles. The van der Waals surface area contributed by atoms with Crippen LogP contribution in [0.1, 0.15) is 62.9 Å². The first-order valence-corrected chi connectivity index (χ1v) is 7.30. The average Bonchev–Trinajstić information content (AvgIpc) is 3.10. The summed E-state index contributed by atoms with van der Waals surface area (Å²) in [5.74, 6) is 1.42. The highest BCUT2D eigenvalue weighted by atomic mass is 35.5. The van der Waals surface area contributed by atoms with Crippen LogP contribution in [0.2, 0.25) is 5.15 Å². The van der Waals surface area contributed by atoms with Crippen LogP contribution < -0.4 is 0 Å². The molecule has 0 amide bonds. The van der Waals surface area contributed by atoms with Gasteiger partial charge in [0.1, 0.15) is 10.8 Å². The molecule has 3 nitrogen and oxygen atoms in total. The third kappa shape index (κ3) is 2.26. The van der Waals surface area contributed by atoms with E-state index in [0.717, 1.165) is 24.4 Å². The van der Waals surface area contributed by atoms with E-state index >= 15 is 0 Å². The van der Waals surface area contributed by atoms with Crippen LogP contribution in [0.3, 0.4) is 0 Å². The molecular weight excluding hydrogens is 248 g/mol. The topological polar surface area (TPSA) is 35.0 Å². The fraction of sp³-hybridized carbons (Fsp3) is 0.714. The van der Waals surface area contributed by atoms with Crippen LogP contribution in [0.4, 0.5) is 0 Å². The molecule has 2 fully saturated rings. The lowest BCUT2D eigenvalue weighted by Crippen LogP contribution is -2.29. The molecule has 18 heavy (non-hydrogen) atoms. The average molecular weight is 267 g/mol. The van der Waals surface area contributed by atoms with Gasteiger partial charge in [0.25, 0.3) is 0 Å². The van der Waals surface area contributed by atoms with Crippen molar-refractivity contribution >= 4 is 11.6 Å². The van der Waals surface area contributed by atoms with E-state index in [1.54, 1.807) is 0 Å². The van der Waals surface area contributed by atoms with Gasteiger partial charge < -0.3 is 4.74 Å². The molecule has 1 aromatic rings. The molecule has 0 radical (unpaired) electrons. The zero-order chi connectivity index (χ0) is 12.6. The Kier molecular flexibility index (Phi) is 3.29. The highest BCUT2D eigenvalue weighted by Gasteiger charge is 2.40. The number of hydrogen-bond donors (Lipinski definition) is 0. The van der Waals surface area contributed by atoms with E-state index in [4.69, 9.17) is 21.3 Å². The van der Waals surface area contributed by atoms with Crippen molar-refractivity contribution in [3.63, 3.8) is 0 Å². The van der Waals surface area contributed by atoms with Crippen LogP contribution in [0.15, 0.2) is 6.07 Å². The van der Waals surface area contributed by atoms with Gasteiger partial charge >= 0.3 is 0 Å². The molecule has 2 aliphatic carbocycles. The van der Waals surface area contributed by atoms with Crippen LogP contribution in [-0.4, -0.2) is 16.6 Å². The van der Waals surface area contributed by atoms with Crippen LogP contribution >= 0.6 is 11.6 Å². The maximum atomic E-state index is 6.16. The minimum atomic E-state index is -0.275. The summed E-state index contributed by atoms with van der Waals surface area (Å²) in [4.78, 5) is 9.19. The molecule has 2 aliphatic rings. The van der Waals surface area contributed by atoms with Crippen molar-refractivity contribution in [3.05, 3.63) is 22.7 Å². The standard InChI is InChI=1S/C14H19ClN2O/c1-2-18-14(7-3-4-8-14)13-16-11(10-5-6-10)9-12(15)17-13/h9-10H,2-8H2,1H3. The van der Waals surface area contributed by atoms with Crippen LogP contribution in [-0.2, 0) is 10.3 Å². The van der Waals surface area contributed by atoms with Gasteiger partial charge in [-0.3, -0.25) is 0 Å².